The summed E-state index contributed by atoms with van der Waals surface area (Å²) in [6.45, 7) is 3.42. The third-order valence-electron chi connectivity index (χ3n) is 1.62. The van der Waals surface area contributed by atoms with Crippen molar-refractivity contribution in [3.63, 3.8) is 0 Å². The van der Waals surface area contributed by atoms with Gasteiger partial charge in [-0.15, -0.1) is 0 Å². The third kappa shape index (κ3) is 2.20. The minimum Gasteiger partial charge on any atom is -0.206 e. The lowest BCUT2D eigenvalue weighted by atomic mass is 10.1. The maximum atomic E-state index is 12.7. The van der Waals surface area contributed by atoms with Crippen LogP contribution in [0.25, 0.3) is 0 Å². The Labute approximate surface area is 73.2 Å². The molecule has 0 nitrogen and oxygen atoms in total. The number of halogens is 4. The van der Waals surface area contributed by atoms with Crippen molar-refractivity contribution in [2.24, 2.45) is 0 Å². The van der Waals surface area contributed by atoms with Crippen LogP contribution in [0.15, 0.2) is 18.2 Å². The minimum absolute atomic E-state index is 0.212. The topological polar surface area (TPSA) is 0 Å². The van der Waals surface area contributed by atoms with Gasteiger partial charge in [0.2, 0.25) is 0 Å². The highest BCUT2D eigenvalue weighted by atomic mass is 19.4. The van der Waals surface area contributed by atoms with Crippen LogP contribution in [0.1, 0.15) is 11.1 Å². The predicted octanol–water partition coefficient (Wildman–Crippen LogP) is 3.22. The second-order valence-corrected chi connectivity index (χ2v) is 2.56. The smallest absolute Gasteiger partial charge is 0.206 e. The lowest BCUT2D eigenvalue weighted by Gasteiger charge is -2.08. The van der Waals surface area contributed by atoms with E-state index in [4.69, 9.17) is 0 Å². The maximum Gasteiger partial charge on any atom is 0.419 e. The van der Waals surface area contributed by atoms with Crippen LogP contribution in [0.3, 0.4) is 0 Å². The molecule has 0 aliphatic rings. The van der Waals surface area contributed by atoms with Gasteiger partial charge >= 0.3 is 6.18 Å². The molecule has 0 spiro atoms. The highest BCUT2D eigenvalue weighted by Crippen LogP contribution is 2.31. The van der Waals surface area contributed by atoms with E-state index in [2.05, 4.69) is 6.92 Å². The van der Waals surface area contributed by atoms with E-state index < -0.39 is 17.6 Å². The fourth-order valence-corrected chi connectivity index (χ4v) is 0.945. The monoisotopic (exact) mass is 191 g/mol. The summed E-state index contributed by atoms with van der Waals surface area (Å²) < 4.78 is 49.0. The van der Waals surface area contributed by atoms with Crippen LogP contribution >= 0.6 is 0 Å². The van der Waals surface area contributed by atoms with Crippen LogP contribution in [0.4, 0.5) is 17.6 Å². The van der Waals surface area contributed by atoms with Gasteiger partial charge in [-0.1, -0.05) is 6.07 Å². The SMILES string of the molecule is [CH2]Cc1ccc(F)c(C(F)(F)F)c1. The molecule has 13 heavy (non-hydrogen) atoms. The summed E-state index contributed by atoms with van der Waals surface area (Å²) in [6, 6.07) is 2.88. The average Bonchev–Trinajstić information content (AvgIpc) is 2.03. The zero-order valence-corrected chi connectivity index (χ0v) is 6.66. The van der Waals surface area contributed by atoms with E-state index in [0.717, 1.165) is 12.1 Å². The minimum atomic E-state index is -4.63. The van der Waals surface area contributed by atoms with Gasteiger partial charge in [0, 0.05) is 0 Å². The molecule has 1 rings (SSSR count). The molecule has 1 aromatic carbocycles. The van der Waals surface area contributed by atoms with E-state index in [-0.39, 0.29) is 6.42 Å². The van der Waals surface area contributed by atoms with Crippen LogP contribution in [-0.4, -0.2) is 0 Å². The number of hydrogen-bond donors (Lipinski definition) is 0. The fraction of sp³-hybridized carbons (Fsp3) is 0.222. The van der Waals surface area contributed by atoms with Crippen molar-refractivity contribution in [2.75, 3.05) is 0 Å². The van der Waals surface area contributed by atoms with Gasteiger partial charge in [0.05, 0.1) is 5.56 Å². The van der Waals surface area contributed by atoms with Crippen molar-refractivity contribution in [3.8, 4) is 0 Å². The molecule has 0 saturated heterocycles. The summed E-state index contributed by atoms with van der Waals surface area (Å²) in [7, 11) is 0. The molecule has 4 heteroatoms. The van der Waals surface area contributed by atoms with Crippen LogP contribution in [0.5, 0.6) is 0 Å². The Morgan fingerprint density at radius 3 is 2.31 bits per heavy atom. The summed E-state index contributed by atoms with van der Waals surface area (Å²) in [6.07, 6.45) is -4.42. The number of alkyl halides is 3. The van der Waals surface area contributed by atoms with E-state index in [1.807, 2.05) is 0 Å². The molecule has 1 radical (unpaired) electrons. The molecule has 1 aromatic rings. The Balaban J connectivity index is 3.19. The normalized spacial score (nSPS) is 11.8. The molecule has 0 heterocycles. The zero-order valence-electron chi connectivity index (χ0n) is 6.66. The standard InChI is InChI=1S/C9H7F4/c1-2-6-3-4-8(10)7(5-6)9(11,12)13/h3-5H,1-2H2. The van der Waals surface area contributed by atoms with Gasteiger partial charge in [-0.05, 0) is 31.0 Å². The molecule has 0 aliphatic carbocycles. The van der Waals surface area contributed by atoms with Gasteiger partial charge in [0.15, 0.2) is 0 Å². The second kappa shape index (κ2) is 3.36. The molecule has 0 amide bonds. The molecular formula is C9H7F4. The first-order chi connectivity index (χ1) is 5.95. The summed E-state index contributed by atoms with van der Waals surface area (Å²) >= 11 is 0. The molecule has 0 unspecified atom stereocenters. The van der Waals surface area contributed by atoms with Crippen LogP contribution in [0.2, 0.25) is 0 Å². The Hall–Kier alpha value is -1.06. The van der Waals surface area contributed by atoms with E-state index in [1.54, 1.807) is 0 Å². The lowest BCUT2D eigenvalue weighted by molar-refractivity contribution is -0.140. The Kier molecular flexibility index (Phi) is 2.59. The van der Waals surface area contributed by atoms with Gasteiger partial charge in [-0.2, -0.15) is 13.2 Å². The molecule has 0 aromatic heterocycles. The van der Waals surface area contributed by atoms with Crippen molar-refractivity contribution >= 4 is 0 Å². The van der Waals surface area contributed by atoms with Crippen molar-refractivity contribution < 1.29 is 17.6 Å². The quantitative estimate of drug-likeness (QED) is 0.598. The first-order valence-corrected chi connectivity index (χ1v) is 3.60. The van der Waals surface area contributed by atoms with Crippen LogP contribution in [-0.2, 0) is 12.6 Å². The molecule has 0 atom stereocenters. The molecule has 0 saturated carbocycles. The van der Waals surface area contributed by atoms with Gasteiger partial charge in [0.25, 0.3) is 0 Å². The first kappa shape index (κ1) is 10.0. The molecular weight excluding hydrogens is 184 g/mol. The lowest BCUT2D eigenvalue weighted by Crippen LogP contribution is -2.08. The van der Waals surface area contributed by atoms with Gasteiger partial charge < -0.3 is 0 Å². The fourth-order valence-electron chi connectivity index (χ4n) is 0.945. The highest BCUT2D eigenvalue weighted by Gasteiger charge is 2.33. The summed E-state index contributed by atoms with van der Waals surface area (Å²) in [5, 5.41) is 0. The third-order valence-corrected chi connectivity index (χ3v) is 1.62. The van der Waals surface area contributed by atoms with Gasteiger partial charge in [-0.3, -0.25) is 0 Å². The summed E-state index contributed by atoms with van der Waals surface area (Å²) in [4.78, 5) is 0. The number of benzene rings is 1. The largest absolute Gasteiger partial charge is 0.419 e. The van der Waals surface area contributed by atoms with Crippen molar-refractivity contribution in [1.29, 1.82) is 0 Å². The van der Waals surface area contributed by atoms with Crippen LogP contribution in [0, 0.1) is 12.7 Å². The van der Waals surface area contributed by atoms with E-state index in [9.17, 15) is 17.6 Å². The molecule has 0 bridgehead atoms. The van der Waals surface area contributed by atoms with E-state index in [0.29, 0.717) is 5.56 Å². The number of rotatable bonds is 1. The van der Waals surface area contributed by atoms with Crippen molar-refractivity contribution in [2.45, 2.75) is 12.6 Å². The predicted molar refractivity (Wildman–Crippen MR) is 40.5 cm³/mol. The Morgan fingerprint density at radius 1 is 1.23 bits per heavy atom. The number of hydrogen-bond acceptors (Lipinski definition) is 0. The van der Waals surface area contributed by atoms with Crippen molar-refractivity contribution in [1.82, 2.24) is 0 Å². The maximum absolute atomic E-state index is 12.7. The van der Waals surface area contributed by atoms with E-state index in [1.165, 1.54) is 6.07 Å². The highest BCUT2D eigenvalue weighted by molar-refractivity contribution is 5.27. The summed E-state index contributed by atoms with van der Waals surface area (Å²) in [5.74, 6) is -1.25. The zero-order chi connectivity index (χ0) is 10.1. The molecule has 0 fully saturated rings. The first-order valence-electron chi connectivity index (χ1n) is 3.60. The molecule has 0 N–H and O–H groups in total. The Bertz CT molecular complexity index is 301. The average molecular weight is 191 g/mol. The van der Waals surface area contributed by atoms with Gasteiger partial charge in [0.1, 0.15) is 5.82 Å². The van der Waals surface area contributed by atoms with Gasteiger partial charge in [-0.25, -0.2) is 4.39 Å². The van der Waals surface area contributed by atoms with Crippen molar-refractivity contribution in [3.05, 3.63) is 42.1 Å². The Morgan fingerprint density at radius 2 is 1.85 bits per heavy atom. The van der Waals surface area contributed by atoms with E-state index >= 15 is 0 Å². The second-order valence-electron chi connectivity index (χ2n) is 2.56. The molecule has 0 aliphatic heterocycles. The summed E-state index contributed by atoms with van der Waals surface area (Å²) in [5.41, 5.74) is -0.859. The van der Waals surface area contributed by atoms with Crippen LogP contribution < -0.4 is 0 Å². The molecule has 71 valence electrons.